The molecule has 0 aromatic carbocycles. The molecule has 0 bridgehead atoms. The molecular formula is C7H14ClNO2. The van der Waals surface area contributed by atoms with Crippen LogP contribution in [0.2, 0.25) is 0 Å². The summed E-state index contributed by atoms with van der Waals surface area (Å²) in [6, 6.07) is 0. The van der Waals surface area contributed by atoms with Crippen molar-refractivity contribution < 1.29 is 9.53 Å². The molecule has 11 heavy (non-hydrogen) atoms. The van der Waals surface area contributed by atoms with Gasteiger partial charge in [-0.1, -0.05) is 0 Å². The van der Waals surface area contributed by atoms with Gasteiger partial charge in [0.1, 0.15) is 6.61 Å². The van der Waals surface area contributed by atoms with E-state index in [9.17, 15) is 4.79 Å². The lowest BCUT2D eigenvalue weighted by Gasteiger charge is -2.17. The van der Waals surface area contributed by atoms with E-state index in [1.807, 2.05) is 13.8 Å². The number of hydrogen-bond donors (Lipinski definition) is 0. The fourth-order valence-electron chi connectivity index (χ4n) is 0.699. The first kappa shape index (κ1) is 10.6. The van der Waals surface area contributed by atoms with Gasteiger partial charge < -0.3 is 9.64 Å². The van der Waals surface area contributed by atoms with E-state index >= 15 is 0 Å². The van der Waals surface area contributed by atoms with Crippen molar-refractivity contribution in [1.82, 2.24) is 4.90 Å². The number of ether oxygens (including phenoxy) is 1. The first-order valence-electron chi connectivity index (χ1n) is 3.73. The molecular weight excluding hydrogens is 166 g/mol. The van der Waals surface area contributed by atoms with Crippen molar-refractivity contribution in [2.45, 2.75) is 13.8 Å². The summed E-state index contributed by atoms with van der Waals surface area (Å²) in [4.78, 5) is 12.6. The fourth-order valence-corrected chi connectivity index (χ4v) is 0.776. The van der Waals surface area contributed by atoms with Crippen molar-refractivity contribution in [1.29, 1.82) is 0 Å². The van der Waals surface area contributed by atoms with Crippen molar-refractivity contribution in [3.8, 4) is 0 Å². The van der Waals surface area contributed by atoms with Crippen molar-refractivity contribution in [2.75, 3.05) is 25.6 Å². The van der Waals surface area contributed by atoms with Gasteiger partial charge in [0.2, 0.25) is 0 Å². The quantitative estimate of drug-likeness (QED) is 0.615. The molecule has 0 unspecified atom stereocenters. The van der Waals surface area contributed by atoms with E-state index in [4.69, 9.17) is 16.3 Å². The molecule has 0 aromatic heterocycles. The first-order chi connectivity index (χ1) is 5.26. The fraction of sp³-hybridized carbons (Fsp3) is 0.857. The van der Waals surface area contributed by atoms with Crippen LogP contribution in [0.1, 0.15) is 13.8 Å². The third kappa shape index (κ3) is 4.09. The van der Waals surface area contributed by atoms with Crippen LogP contribution < -0.4 is 0 Å². The van der Waals surface area contributed by atoms with Gasteiger partial charge in [0.15, 0.2) is 0 Å². The summed E-state index contributed by atoms with van der Waals surface area (Å²) in [6.45, 7) is 5.46. The number of amides is 1. The van der Waals surface area contributed by atoms with Gasteiger partial charge >= 0.3 is 6.09 Å². The number of alkyl halides is 1. The molecule has 3 nitrogen and oxygen atoms in total. The van der Waals surface area contributed by atoms with Gasteiger partial charge in [-0.05, 0) is 13.8 Å². The molecule has 0 radical (unpaired) electrons. The van der Waals surface area contributed by atoms with Gasteiger partial charge in [0, 0.05) is 13.1 Å². The number of rotatable bonds is 4. The van der Waals surface area contributed by atoms with Crippen LogP contribution in [-0.4, -0.2) is 36.6 Å². The minimum atomic E-state index is -0.282. The summed E-state index contributed by atoms with van der Waals surface area (Å²) in [5, 5.41) is 0. The minimum absolute atomic E-state index is 0.282. The maximum Gasteiger partial charge on any atom is 0.409 e. The highest BCUT2D eigenvalue weighted by Gasteiger charge is 2.08. The van der Waals surface area contributed by atoms with Crippen LogP contribution in [0.15, 0.2) is 0 Å². The van der Waals surface area contributed by atoms with E-state index in [1.165, 1.54) is 0 Å². The Bertz CT molecular complexity index is 115. The van der Waals surface area contributed by atoms with E-state index in [2.05, 4.69) is 0 Å². The zero-order chi connectivity index (χ0) is 8.69. The molecule has 0 aliphatic heterocycles. The highest BCUT2D eigenvalue weighted by Crippen LogP contribution is 1.92. The first-order valence-corrected chi connectivity index (χ1v) is 4.27. The smallest absolute Gasteiger partial charge is 0.409 e. The predicted molar refractivity (Wildman–Crippen MR) is 45.0 cm³/mol. The summed E-state index contributed by atoms with van der Waals surface area (Å²) in [6.07, 6.45) is -0.282. The van der Waals surface area contributed by atoms with Crippen molar-refractivity contribution >= 4 is 17.7 Å². The maximum atomic E-state index is 11.0. The zero-order valence-corrected chi connectivity index (χ0v) is 7.73. The topological polar surface area (TPSA) is 29.5 Å². The third-order valence-corrected chi connectivity index (χ3v) is 1.48. The maximum absolute atomic E-state index is 11.0. The molecule has 0 rings (SSSR count). The number of carbonyl (C=O) groups excluding carboxylic acids is 1. The Morgan fingerprint density at radius 3 is 2.36 bits per heavy atom. The summed E-state index contributed by atoms with van der Waals surface area (Å²) in [5.41, 5.74) is 0. The molecule has 66 valence electrons. The molecule has 0 aromatic rings. The Kier molecular flexibility index (Phi) is 6.03. The van der Waals surface area contributed by atoms with Gasteiger partial charge in [-0.2, -0.15) is 0 Å². The van der Waals surface area contributed by atoms with E-state index in [0.717, 1.165) is 0 Å². The highest BCUT2D eigenvalue weighted by atomic mass is 35.5. The highest BCUT2D eigenvalue weighted by molar-refractivity contribution is 6.18. The van der Waals surface area contributed by atoms with Gasteiger partial charge in [0.25, 0.3) is 0 Å². The Morgan fingerprint density at radius 1 is 1.45 bits per heavy atom. The van der Waals surface area contributed by atoms with E-state index < -0.39 is 0 Å². The Hall–Kier alpha value is -0.440. The number of carbonyl (C=O) groups is 1. The van der Waals surface area contributed by atoms with Gasteiger partial charge in [-0.25, -0.2) is 4.79 Å². The van der Waals surface area contributed by atoms with Gasteiger partial charge in [-0.15, -0.1) is 11.6 Å². The summed E-state index contributed by atoms with van der Waals surface area (Å²) < 4.78 is 4.79. The molecule has 1 amide bonds. The second-order valence-corrected chi connectivity index (χ2v) is 2.35. The Morgan fingerprint density at radius 2 is 2.00 bits per heavy atom. The molecule has 0 atom stereocenters. The lowest BCUT2D eigenvalue weighted by molar-refractivity contribution is 0.112. The molecule has 0 aliphatic carbocycles. The number of hydrogen-bond acceptors (Lipinski definition) is 2. The monoisotopic (exact) mass is 179 g/mol. The molecule has 0 saturated heterocycles. The minimum Gasteiger partial charge on any atom is -0.448 e. The second kappa shape index (κ2) is 6.28. The van der Waals surface area contributed by atoms with Gasteiger partial charge in [0.05, 0.1) is 5.88 Å². The molecule has 0 N–H and O–H groups in total. The molecule has 0 aliphatic rings. The van der Waals surface area contributed by atoms with Crippen molar-refractivity contribution in [2.24, 2.45) is 0 Å². The van der Waals surface area contributed by atoms with Crippen LogP contribution in [0, 0.1) is 0 Å². The van der Waals surface area contributed by atoms with E-state index in [-0.39, 0.29) is 12.7 Å². The molecule has 0 heterocycles. The normalized spacial score (nSPS) is 9.36. The van der Waals surface area contributed by atoms with Crippen LogP contribution >= 0.6 is 11.6 Å². The average molecular weight is 180 g/mol. The lowest BCUT2D eigenvalue weighted by Crippen LogP contribution is -2.31. The van der Waals surface area contributed by atoms with Crippen LogP contribution in [0.3, 0.4) is 0 Å². The molecule has 0 saturated carbocycles. The van der Waals surface area contributed by atoms with E-state index in [1.54, 1.807) is 4.90 Å². The van der Waals surface area contributed by atoms with Crippen molar-refractivity contribution in [3.05, 3.63) is 0 Å². The largest absolute Gasteiger partial charge is 0.448 e. The SMILES string of the molecule is CCN(CC)C(=O)OCCCl. The zero-order valence-electron chi connectivity index (χ0n) is 6.97. The third-order valence-electron chi connectivity index (χ3n) is 1.32. The molecule has 0 fully saturated rings. The van der Waals surface area contributed by atoms with Crippen LogP contribution in [0.5, 0.6) is 0 Å². The number of halogens is 1. The number of nitrogens with zero attached hydrogens (tertiary/aromatic N) is 1. The average Bonchev–Trinajstić information content (AvgIpc) is 2.03. The predicted octanol–water partition coefficient (Wildman–Crippen LogP) is 1.70. The lowest BCUT2D eigenvalue weighted by atomic mass is 10.5. The van der Waals surface area contributed by atoms with Crippen molar-refractivity contribution in [3.63, 3.8) is 0 Å². The Labute approximate surface area is 72.3 Å². The van der Waals surface area contributed by atoms with Crippen LogP contribution in [-0.2, 0) is 4.74 Å². The van der Waals surface area contributed by atoms with E-state index in [0.29, 0.717) is 19.0 Å². The van der Waals surface area contributed by atoms with Crippen LogP contribution in [0.25, 0.3) is 0 Å². The summed E-state index contributed by atoms with van der Waals surface area (Å²) in [5.74, 6) is 0.354. The second-order valence-electron chi connectivity index (χ2n) is 1.98. The standard InChI is InChI=1S/C7H14ClNO2/c1-3-9(4-2)7(10)11-6-5-8/h3-6H2,1-2H3. The van der Waals surface area contributed by atoms with Gasteiger partial charge in [-0.3, -0.25) is 0 Å². The molecule has 4 heteroatoms. The molecule has 0 spiro atoms. The Balaban J connectivity index is 3.61. The van der Waals surface area contributed by atoms with Crippen LogP contribution in [0.4, 0.5) is 4.79 Å². The summed E-state index contributed by atoms with van der Waals surface area (Å²) >= 11 is 5.34. The summed E-state index contributed by atoms with van der Waals surface area (Å²) in [7, 11) is 0.